The molecule has 0 bridgehead atoms. The first-order valence-corrected chi connectivity index (χ1v) is 8.08. The van der Waals surface area contributed by atoms with Gasteiger partial charge in [0.05, 0.1) is 0 Å². The molecule has 1 spiro atoms. The van der Waals surface area contributed by atoms with Gasteiger partial charge in [0.15, 0.2) is 0 Å². The van der Waals surface area contributed by atoms with Crippen LogP contribution >= 0.6 is 0 Å². The zero-order valence-electron chi connectivity index (χ0n) is 12.1. The van der Waals surface area contributed by atoms with Crippen LogP contribution < -0.4 is 5.32 Å². The highest BCUT2D eigenvalue weighted by Gasteiger charge is 2.37. The summed E-state index contributed by atoms with van der Waals surface area (Å²) in [6.07, 6.45) is 14.1. The molecule has 0 heterocycles. The maximum atomic E-state index is 8.98. The van der Waals surface area contributed by atoms with Crippen molar-refractivity contribution in [3.05, 3.63) is 0 Å². The summed E-state index contributed by atoms with van der Waals surface area (Å²) < 4.78 is 0. The van der Waals surface area contributed by atoms with E-state index in [1.807, 2.05) is 0 Å². The third-order valence-corrected chi connectivity index (χ3v) is 5.33. The van der Waals surface area contributed by atoms with Crippen molar-refractivity contribution in [3.8, 4) is 0 Å². The summed E-state index contributed by atoms with van der Waals surface area (Å²) in [6.45, 7) is 3.61. The van der Waals surface area contributed by atoms with E-state index in [0.29, 0.717) is 12.5 Å². The Bertz CT molecular complexity index is 225. The first-order chi connectivity index (χ1) is 8.74. The lowest BCUT2D eigenvalue weighted by molar-refractivity contribution is 0.167. The van der Waals surface area contributed by atoms with Crippen molar-refractivity contribution in [3.63, 3.8) is 0 Å². The monoisotopic (exact) mass is 253 g/mol. The Morgan fingerprint density at radius 3 is 2.44 bits per heavy atom. The molecule has 2 fully saturated rings. The van der Waals surface area contributed by atoms with Gasteiger partial charge in [0.25, 0.3) is 0 Å². The minimum atomic E-state index is 0.339. The second-order valence-electron chi connectivity index (χ2n) is 6.87. The molecule has 1 atom stereocenters. The number of nitrogens with one attached hydrogen (secondary N) is 1. The van der Waals surface area contributed by atoms with Crippen LogP contribution in [0.25, 0.3) is 0 Å². The quantitative estimate of drug-likeness (QED) is 0.710. The van der Waals surface area contributed by atoms with Gasteiger partial charge < -0.3 is 10.4 Å². The summed E-state index contributed by atoms with van der Waals surface area (Å²) in [5.41, 5.74) is 0.767. The van der Waals surface area contributed by atoms with Crippen molar-refractivity contribution in [2.24, 2.45) is 11.3 Å². The Morgan fingerprint density at radius 2 is 1.83 bits per heavy atom. The normalized spacial score (nSPS) is 25.7. The third-order valence-electron chi connectivity index (χ3n) is 5.33. The van der Waals surface area contributed by atoms with Gasteiger partial charge in [-0.1, -0.05) is 19.8 Å². The van der Waals surface area contributed by atoms with Gasteiger partial charge in [0.2, 0.25) is 0 Å². The van der Waals surface area contributed by atoms with E-state index in [9.17, 15) is 0 Å². The summed E-state index contributed by atoms with van der Waals surface area (Å²) in [4.78, 5) is 0. The predicted molar refractivity (Wildman–Crippen MR) is 76.6 cm³/mol. The zero-order valence-corrected chi connectivity index (χ0v) is 12.1. The van der Waals surface area contributed by atoms with Crippen molar-refractivity contribution < 1.29 is 5.11 Å². The molecule has 2 heteroatoms. The minimum absolute atomic E-state index is 0.339. The molecule has 0 amide bonds. The molecule has 2 saturated carbocycles. The Morgan fingerprint density at radius 1 is 1.17 bits per heavy atom. The van der Waals surface area contributed by atoms with Crippen LogP contribution in [0.3, 0.4) is 0 Å². The second kappa shape index (κ2) is 6.91. The average Bonchev–Trinajstić information content (AvgIpc) is 2.85. The Hall–Kier alpha value is -0.0800. The molecule has 2 aliphatic carbocycles. The lowest BCUT2D eigenvalue weighted by Crippen LogP contribution is -2.37. The summed E-state index contributed by atoms with van der Waals surface area (Å²) in [6, 6.07) is 0.778. The molecule has 0 aromatic carbocycles. The minimum Gasteiger partial charge on any atom is -0.396 e. The molecule has 106 valence electrons. The van der Waals surface area contributed by atoms with E-state index in [2.05, 4.69) is 12.2 Å². The van der Waals surface area contributed by atoms with Crippen molar-refractivity contribution in [2.45, 2.75) is 77.2 Å². The Balaban J connectivity index is 1.56. The number of hydrogen-bond donors (Lipinski definition) is 2. The molecule has 1 unspecified atom stereocenters. The lowest BCUT2D eigenvalue weighted by Gasteiger charge is -2.37. The van der Waals surface area contributed by atoms with E-state index < -0.39 is 0 Å². The van der Waals surface area contributed by atoms with Gasteiger partial charge in [0.1, 0.15) is 0 Å². The topological polar surface area (TPSA) is 32.3 Å². The van der Waals surface area contributed by atoms with Crippen LogP contribution in [0.1, 0.15) is 71.1 Å². The van der Waals surface area contributed by atoms with Crippen LogP contribution in [-0.4, -0.2) is 24.3 Å². The number of rotatable bonds is 6. The Kier molecular flexibility index (Phi) is 5.50. The third kappa shape index (κ3) is 3.96. The maximum Gasteiger partial charge on any atom is 0.0456 e. The summed E-state index contributed by atoms with van der Waals surface area (Å²) in [5, 5.41) is 12.7. The van der Waals surface area contributed by atoms with E-state index in [-0.39, 0.29) is 0 Å². The molecule has 2 aliphatic rings. The molecule has 0 radical (unpaired) electrons. The molecule has 18 heavy (non-hydrogen) atoms. The van der Waals surface area contributed by atoms with Gasteiger partial charge in [-0.2, -0.15) is 0 Å². The highest BCUT2D eigenvalue weighted by atomic mass is 16.3. The van der Waals surface area contributed by atoms with E-state index in [0.717, 1.165) is 24.4 Å². The smallest absolute Gasteiger partial charge is 0.0456 e. The van der Waals surface area contributed by atoms with Crippen molar-refractivity contribution in [2.75, 3.05) is 13.2 Å². The molecule has 0 aromatic heterocycles. The van der Waals surface area contributed by atoms with E-state index >= 15 is 0 Å². The van der Waals surface area contributed by atoms with Crippen LogP contribution in [-0.2, 0) is 0 Å². The molecule has 2 rings (SSSR count). The molecular formula is C16H31NO. The number of aliphatic hydroxyl groups is 1. The van der Waals surface area contributed by atoms with Gasteiger partial charge in [-0.3, -0.25) is 0 Å². The molecular weight excluding hydrogens is 222 g/mol. The highest BCUT2D eigenvalue weighted by Crippen LogP contribution is 2.48. The van der Waals surface area contributed by atoms with E-state index in [4.69, 9.17) is 5.11 Å². The number of hydrogen-bond acceptors (Lipinski definition) is 2. The first kappa shape index (κ1) is 14.3. The van der Waals surface area contributed by atoms with Crippen LogP contribution in [0.15, 0.2) is 0 Å². The summed E-state index contributed by atoms with van der Waals surface area (Å²) >= 11 is 0. The molecule has 0 saturated heterocycles. The van der Waals surface area contributed by atoms with Crippen molar-refractivity contribution in [1.29, 1.82) is 0 Å². The molecule has 2 nitrogen and oxygen atoms in total. The van der Waals surface area contributed by atoms with Crippen LogP contribution in [0, 0.1) is 11.3 Å². The fourth-order valence-corrected chi connectivity index (χ4v) is 3.91. The molecule has 2 N–H and O–H groups in total. The second-order valence-corrected chi connectivity index (χ2v) is 6.87. The molecule has 0 aliphatic heterocycles. The fourth-order valence-electron chi connectivity index (χ4n) is 3.91. The van der Waals surface area contributed by atoms with Gasteiger partial charge in [-0.15, -0.1) is 0 Å². The van der Waals surface area contributed by atoms with Gasteiger partial charge in [-0.05, 0) is 69.2 Å². The lowest BCUT2D eigenvalue weighted by atomic mass is 9.71. The van der Waals surface area contributed by atoms with Gasteiger partial charge in [0, 0.05) is 12.6 Å². The van der Waals surface area contributed by atoms with E-state index in [1.54, 1.807) is 0 Å². The predicted octanol–water partition coefficient (Wildman–Crippen LogP) is 3.49. The van der Waals surface area contributed by atoms with Crippen LogP contribution in [0.2, 0.25) is 0 Å². The molecule has 0 aromatic rings. The maximum absolute atomic E-state index is 8.98. The standard InChI is InChI=1S/C16H31NO/c1-14(13-18)5-4-12-17-15-6-10-16(11-7-15)8-2-3-9-16/h14-15,17-18H,2-13H2,1H3. The zero-order chi connectivity index (χ0) is 12.8. The van der Waals surface area contributed by atoms with Gasteiger partial charge >= 0.3 is 0 Å². The van der Waals surface area contributed by atoms with Crippen LogP contribution in [0.5, 0.6) is 0 Å². The fraction of sp³-hybridized carbons (Fsp3) is 1.00. The van der Waals surface area contributed by atoms with Crippen molar-refractivity contribution >= 4 is 0 Å². The average molecular weight is 253 g/mol. The Labute approximate surface area is 113 Å². The SMILES string of the molecule is CC(CO)CCCNC1CCC2(CCCC2)CC1. The largest absolute Gasteiger partial charge is 0.396 e. The van der Waals surface area contributed by atoms with Crippen molar-refractivity contribution in [1.82, 2.24) is 5.32 Å². The summed E-state index contributed by atoms with van der Waals surface area (Å²) in [5.74, 6) is 0.472. The van der Waals surface area contributed by atoms with E-state index in [1.165, 1.54) is 57.8 Å². The summed E-state index contributed by atoms with van der Waals surface area (Å²) in [7, 11) is 0. The highest BCUT2D eigenvalue weighted by molar-refractivity contribution is 4.91. The van der Waals surface area contributed by atoms with Gasteiger partial charge in [-0.25, -0.2) is 0 Å². The van der Waals surface area contributed by atoms with Crippen LogP contribution in [0.4, 0.5) is 0 Å². The number of aliphatic hydroxyl groups excluding tert-OH is 1. The first-order valence-electron chi connectivity index (χ1n) is 8.08.